The summed E-state index contributed by atoms with van der Waals surface area (Å²) in [7, 11) is 2.68. The maximum absolute atomic E-state index is 8.94. The predicted octanol–water partition coefficient (Wildman–Crippen LogP) is 4.04. The van der Waals surface area contributed by atoms with Crippen LogP contribution in [0.3, 0.4) is 0 Å². The molecule has 0 radical (unpaired) electrons. The molecule has 1 aliphatic heterocycles. The Balaban J connectivity index is 2.02. The summed E-state index contributed by atoms with van der Waals surface area (Å²) in [4.78, 5) is 0. The summed E-state index contributed by atoms with van der Waals surface area (Å²) < 4.78 is 0. The Kier molecular flexibility index (Phi) is 5.10. The van der Waals surface area contributed by atoms with Crippen molar-refractivity contribution in [3.8, 4) is 6.07 Å². The molecule has 0 aliphatic carbocycles. The van der Waals surface area contributed by atoms with Gasteiger partial charge in [-0.05, 0) is 53.9 Å². The summed E-state index contributed by atoms with van der Waals surface area (Å²) in [6.45, 7) is 2.28. The quantitative estimate of drug-likeness (QED) is 0.778. The molecule has 0 aromatic heterocycles. The first-order valence-electron chi connectivity index (χ1n) is 6.65. The van der Waals surface area contributed by atoms with Gasteiger partial charge in [-0.25, -0.2) is 0 Å². The Hall–Kier alpha value is -0.510. The lowest BCUT2D eigenvalue weighted by molar-refractivity contribution is 0.460. The number of hydrogen-bond donors (Lipinski definition) is 0. The molecule has 3 atom stereocenters. The van der Waals surface area contributed by atoms with E-state index < -0.39 is 0 Å². The summed E-state index contributed by atoms with van der Waals surface area (Å²) in [6, 6.07) is 8.47. The molecular formula is C15H20NPS. The first-order chi connectivity index (χ1) is 8.74. The molecule has 0 bridgehead atoms. The molecule has 1 nitrogen and oxygen atoms in total. The second-order valence-electron chi connectivity index (χ2n) is 5.01. The van der Waals surface area contributed by atoms with Gasteiger partial charge in [0.1, 0.15) is 0 Å². The highest BCUT2D eigenvalue weighted by Gasteiger charge is 2.22. The SMILES string of the molecule is CCCC1CCC(c2ccc(C#N)c(P)c2)SC1. The average Bonchev–Trinajstić information content (AvgIpc) is 2.40. The van der Waals surface area contributed by atoms with Gasteiger partial charge in [0, 0.05) is 5.25 Å². The van der Waals surface area contributed by atoms with E-state index in [9.17, 15) is 0 Å². The molecule has 1 aromatic rings. The Bertz CT molecular complexity index is 444. The number of rotatable bonds is 3. The summed E-state index contributed by atoms with van der Waals surface area (Å²) in [5.74, 6) is 2.22. The van der Waals surface area contributed by atoms with Crippen molar-refractivity contribution in [3.63, 3.8) is 0 Å². The van der Waals surface area contributed by atoms with Gasteiger partial charge in [0.2, 0.25) is 0 Å². The summed E-state index contributed by atoms with van der Waals surface area (Å²) in [6.07, 6.45) is 5.33. The molecule has 18 heavy (non-hydrogen) atoms. The van der Waals surface area contributed by atoms with Crippen molar-refractivity contribution in [2.24, 2.45) is 5.92 Å². The van der Waals surface area contributed by atoms with E-state index in [1.54, 1.807) is 0 Å². The van der Waals surface area contributed by atoms with E-state index in [0.29, 0.717) is 5.25 Å². The van der Waals surface area contributed by atoms with Crippen molar-refractivity contribution in [1.29, 1.82) is 5.26 Å². The molecule has 0 spiro atoms. The molecule has 1 saturated heterocycles. The van der Waals surface area contributed by atoms with Gasteiger partial charge < -0.3 is 0 Å². The first-order valence-corrected chi connectivity index (χ1v) is 8.28. The fourth-order valence-electron chi connectivity index (χ4n) is 2.59. The minimum absolute atomic E-state index is 0.630. The van der Waals surface area contributed by atoms with Gasteiger partial charge in [0.25, 0.3) is 0 Å². The third-order valence-corrected chi connectivity index (χ3v) is 5.69. The van der Waals surface area contributed by atoms with Crippen LogP contribution in [0.5, 0.6) is 0 Å². The maximum Gasteiger partial charge on any atom is 0.0998 e. The molecule has 0 amide bonds. The maximum atomic E-state index is 8.94. The molecule has 0 saturated carbocycles. The minimum Gasteiger partial charge on any atom is -0.192 e. The van der Waals surface area contributed by atoms with Crippen LogP contribution in [0.15, 0.2) is 18.2 Å². The zero-order valence-corrected chi connectivity index (χ0v) is 12.8. The van der Waals surface area contributed by atoms with E-state index in [1.807, 2.05) is 6.07 Å². The van der Waals surface area contributed by atoms with Crippen LogP contribution in [-0.2, 0) is 0 Å². The second-order valence-corrected chi connectivity index (χ2v) is 6.87. The Morgan fingerprint density at radius 1 is 1.44 bits per heavy atom. The van der Waals surface area contributed by atoms with E-state index >= 15 is 0 Å². The van der Waals surface area contributed by atoms with Gasteiger partial charge in [-0.3, -0.25) is 0 Å². The normalized spacial score (nSPS) is 23.6. The molecule has 1 aliphatic rings. The van der Waals surface area contributed by atoms with Crippen LogP contribution in [0.4, 0.5) is 0 Å². The van der Waals surface area contributed by atoms with Crippen molar-refractivity contribution in [3.05, 3.63) is 29.3 Å². The van der Waals surface area contributed by atoms with E-state index in [4.69, 9.17) is 5.26 Å². The molecular weight excluding hydrogens is 257 g/mol. The fraction of sp³-hybridized carbons (Fsp3) is 0.533. The molecule has 96 valence electrons. The zero-order chi connectivity index (χ0) is 13.0. The van der Waals surface area contributed by atoms with Crippen LogP contribution in [0.1, 0.15) is 49.0 Å². The fourth-order valence-corrected chi connectivity index (χ4v) is 4.42. The van der Waals surface area contributed by atoms with Gasteiger partial charge in [-0.2, -0.15) is 17.0 Å². The van der Waals surface area contributed by atoms with Gasteiger partial charge in [0.05, 0.1) is 11.6 Å². The topological polar surface area (TPSA) is 23.8 Å². The number of hydrogen-bond acceptors (Lipinski definition) is 2. The second kappa shape index (κ2) is 6.60. The molecule has 1 aromatic carbocycles. The van der Waals surface area contributed by atoms with Crippen molar-refractivity contribution < 1.29 is 0 Å². The van der Waals surface area contributed by atoms with E-state index in [0.717, 1.165) is 16.8 Å². The van der Waals surface area contributed by atoms with Gasteiger partial charge in [-0.15, -0.1) is 9.24 Å². The van der Waals surface area contributed by atoms with Crippen molar-refractivity contribution in [2.75, 3.05) is 5.75 Å². The standard InChI is InChI=1S/C15H20NPS/c1-2-3-11-4-7-15(18-10-11)12-5-6-13(9-16)14(17)8-12/h5-6,8,11,15H,2-4,7,10,17H2,1H3. The third-order valence-electron chi connectivity index (χ3n) is 3.63. The summed E-state index contributed by atoms with van der Waals surface area (Å²) in [5, 5.41) is 10.6. The van der Waals surface area contributed by atoms with Crippen LogP contribution < -0.4 is 5.30 Å². The molecule has 2 rings (SSSR count). The third kappa shape index (κ3) is 3.28. The highest BCUT2D eigenvalue weighted by Crippen LogP contribution is 2.41. The molecule has 3 heteroatoms. The van der Waals surface area contributed by atoms with Crippen LogP contribution in [0, 0.1) is 17.2 Å². The van der Waals surface area contributed by atoms with Crippen LogP contribution >= 0.6 is 21.0 Å². The average molecular weight is 277 g/mol. The number of thioether (sulfide) groups is 1. The lowest BCUT2D eigenvalue weighted by Gasteiger charge is -2.28. The predicted molar refractivity (Wildman–Crippen MR) is 83.3 cm³/mol. The van der Waals surface area contributed by atoms with Crippen molar-refractivity contribution >= 4 is 26.3 Å². The lowest BCUT2D eigenvalue weighted by atomic mass is 9.96. The highest BCUT2D eigenvalue weighted by atomic mass is 32.2. The highest BCUT2D eigenvalue weighted by molar-refractivity contribution is 7.99. The van der Waals surface area contributed by atoms with Gasteiger partial charge in [0.15, 0.2) is 0 Å². The monoisotopic (exact) mass is 277 g/mol. The van der Waals surface area contributed by atoms with E-state index in [1.165, 1.54) is 37.0 Å². The van der Waals surface area contributed by atoms with Gasteiger partial charge >= 0.3 is 0 Å². The number of nitriles is 1. The zero-order valence-electron chi connectivity index (χ0n) is 10.9. The molecule has 0 N–H and O–H groups in total. The summed E-state index contributed by atoms with van der Waals surface area (Å²) >= 11 is 2.09. The van der Waals surface area contributed by atoms with E-state index in [2.05, 4.69) is 46.1 Å². The minimum atomic E-state index is 0.630. The Morgan fingerprint density at radius 3 is 2.83 bits per heavy atom. The van der Waals surface area contributed by atoms with Crippen molar-refractivity contribution in [2.45, 2.75) is 37.9 Å². The first kappa shape index (κ1) is 13.9. The molecule has 1 heterocycles. The van der Waals surface area contributed by atoms with E-state index in [-0.39, 0.29) is 0 Å². The smallest absolute Gasteiger partial charge is 0.0998 e. The van der Waals surface area contributed by atoms with Crippen molar-refractivity contribution in [1.82, 2.24) is 0 Å². The van der Waals surface area contributed by atoms with Crippen LogP contribution in [-0.4, -0.2) is 5.75 Å². The largest absolute Gasteiger partial charge is 0.192 e. The Labute approximate surface area is 117 Å². The summed E-state index contributed by atoms with van der Waals surface area (Å²) in [5.41, 5.74) is 2.16. The molecule has 1 fully saturated rings. The van der Waals surface area contributed by atoms with Crippen LogP contribution in [0.2, 0.25) is 0 Å². The lowest BCUT2D eigenvalue weighted by Crippen LogP contribution is -2.14. The number of benzene rings is 1. The number of nitrogens with zero attached hydrogens (tertiary/aromatic N) is 1. The molecule has 3 unspecified atom stereocenters. The Morgan fingerprint density at radius 2 is 2.28 bits per heavy atom. The van der Waals surface area contributed by atoms with Gasteiger partial charge in [-0.1, -0.05) is 19.4 Å². The van der Waals surface area contributed by atoms with Crippen LogP contribution in [0.25, 0.3) is 0 Å².